The number of amides is 2. The summed E-state index contributed by atoms with van der Waals surface area (Å²) in [5.74, 6) is 0.916. The number of nitrogens with zero attached hydrogens (tertiary/aromatic N) is 1. The van der Waals surface area contributed by atoms with Gasteiger partial charge in [-0.2, -0.15) is 0 Å². The Hall–Kier alpha value is -3.05. The first kappa shape index (κ1) is 27.5. The molecule has 0 spiro atoms. The molecule has 0 aliphatic carbocycles. The largest absolute Gasteiger partial charge is 0.350 e. The van der Waals surface area contributed by atoms with Crippen molar-refractivity contribution < 1.29 is 9.59 Å². The van der Waals surface area contributed by atoms with E-state index in [1.54, 1.807) is 16.7 Å². The fourth-order valence-corrected chi connectivity index (χ4v) is 5.10. The van der Waals surface area contributed by atoms with E-state index in [0.717, 1.165) is 22.4 Å². The normalized spacial score (nSPS) is 12.1. The van der Waals surface area contributed by atoms with E-state index in [4.69, 9.17) is 0 Å². The van der Waals surface area contributed by atoms with Gasteiger partial charge >= 0.3 is 0 Å². The van der Waals surface area contributed by atoms with Crippen molar-refractivity contribution in [1.29, 1.82) is 0 Å². The molecule has 0 saturated heterocycles. The zero-order valence-corrected chi connectivity index (χ0v) is 22.9. The van der Waals surface area contributed by atoms with Gasteiger partial charge in [0.25, 0.3) is 0 Å². The summed E-state index contributed by atoms with van der Waals surface area (Å²) in [5.41, 5.74) is 5.24. The van der Waals surface area contributed by atoms with Crippen LogP contribution < -0.4 is 5.32 Å². The third kappa shape index (κ3) is 8.56. The fraction of sp³-hybridized carbons (Fsp3) is 0.355. The van der Waals surface area contributed by atoms with Gasteiger partial charge in [0.1, 0.15) is 6.04 Å². The molecule has 0 saturated carbocycles. The Morgan fingerprint density at radius 2 is 1.56 bits per heavy atom. The highest BCUT2D eigenvalue weighted by Crippen LogP contribution is 2.20. The van der Waals surface area contributed by atoms with Gasteiger partial charge < -0.3 is 10.2 Å². The van der Waals surface area contributed by atoms with Crippen molar-refractivity contribution in [2.75, 3.05) is 5.75 Å². The minimum absolute atomic E-state index is 0.0277. The van der Waals surface area contributed by atoms with Crippen LogP contribution in [0.3, 0.4) is 0 Å². The van der Waals surface area contributed by atoms with Crippen molar-refractivity contribution in [3.63, 3.8) is 0 Å². The summed E-state index contributed by atoms with van der Waals surface area (Å²) in [4.78, 5) is 29.1. The molecule has 0 radical (unpaired) electrons. The predicted molar refractivity (Wildman–Crippen MR) is 151 cm³/mol. The van der Waals surface area contributed by atoms with Crippen LogP contribution in [0.15, 0.2) is 78.9 Å². The minimum Gasteiger partial charge on any atom is -0.350 e. The smallest absolute Gasteiger partial charge is 0.243 e. The van der Waals surface area contributed by atoms with Crippen molar-refractivity contribution in [1.82, 2.24) is 10.2 Å². The van der Waals surface area contributed by atoms with E-state index in [9.17, 15) is 9.59 Å². The molecule has 0 heterocycles. The summed E-state index contributed by atoms with van der Waals surface area (Å²) >= 11 is 1.60. The molecular formula is C31H38N2O2S. The van der Waals surface area contributed by atoms with Crippen molar-refractivity contribution in [2.24, 2.45) is 0 Å². The molecule has 190 valence electrons. The number of hydrogen-bond donors (Lipinski definition) is 1. The molecular weight excluding hydrogens is 464 g/mol. The molecule has 1 atom stereocenters. The standard InChI is InChI=1S/C31H38N2O2S/c1-23-12-11-16-26(18-23)20-33(29(34)22-36-21-27-17-10-9-13-24(27)2)28(30(35)32-31(3,4)5)19-25-14-7-6-8-15-25/h6-18,28H,19-22H2,1-5H3,(H,32,35)/t28-/m0/s1. The van der Waals surface area contributed by atoms with Gasteiger partial charge in [0.05, 0.1) is 5.75 Å². The molecule has 0 aromatic heterocycles. The van der Waals surface area contributed by atoms with Crippen LogP contribution in [-0.4, -0.2) is 34.0 Å². The van der Waals surface area contributed by atoms with E-state index in [2.05, 4.69) is 30.4 Å². The van der Waals surface area contributed by atoms with Crippen LogP contribution in [-0.2, 0) is 28.3 Å². The lowest BCUT2D eigenvalue weighted by atomic mass is 10.0. The first-order valence-corrected chi connectivity index (χ1v) is 13.6. The van der Waals surface area contributed by atoms with Crippen molar-refractivity contribution in [2.45, 2.75) is 64.9 Å². The quantitative estimate of drug-likeness (QED) is 0.365. The summed E-state index contributed by atoms with van der Waals surface area (Å²) < 4.78 is 0. The third-order valence-corrected chi connectivity index (χ3v) is 6.92. The molecule has 1 N–H and O–H groups in total. The molecule has 2 amide bonds. The van der Waals surface area contributed by atoms with Crippen molar-refractivity contribution in [3.05, 3.63) is 107 Å². The van der Waals surface area contributed by atoms with E-state index in [-0.39, 0.29) is 11.8 Å². The highest BCUT2D eigenvalue weighted by Gasteiger charge is 2.32. The highest BCUT2D eigenvalue weighted by atomic mass is 32.2. The Kier molecular flexibility index (Phi) is 9.77. The van der Waals surface area contributed by atoms with E-state index in [1.165, 1.54) is 11.1 Å². The van der Waals surface area contributed by atoms with Gasteiger partial charge in [-0.1, -0.05) is 84.4 Å². The average molecular weight is 503 g/mol. The molecule has 0 fully saturated rings. The highest BCUT2D eigenvalue weighted by molar-refractivity contribution is 7.99. The lowest BCUT2D eigenvalue weighted by Crippen LogP contribution is -2.54. The number of hydrogen-bond acceptors (Lipinski definition) is 3. The van der Waals surface area contributed by atoms with Crippen molar-refractivity contribution in [3.8, 4) is 0 Å². The van der Waals surface area contributed by atoms with Crippen LogP contribution in [0.25, 0.3) is 0 Å². The van der Waals surface area contributed by atoms with E-state index in [0.29, 0.717) is 18.7 Å². The van der Waals surface area contributed by atoms with Crippen LogP contribution in [0.1, 0.15) is 48.6 Å². The molecule has 5 heteroatoms. The molecule has 3 aromatic rings. The van der Waals surface area contributed by atoms with Gasteiger partial charge in [0.2, 0.25) is 11.8 Å². The second-order valence-corrected chi connectivity index (χ2v) is 11.4. The molecule has 3 aromatic carbocycles. The lowest BCUT2D eigenvalue weighted by Gasteiger charge is -2.34. The molecule has 0 aliphatic heterocycles. The number of carbonyl (C=O) groups excluding carboxylic acids is 2. The van der Waals surface area contributed by atoms with Gasteiger partial charge in [-0.05, 0) is 56.9 Å². The minimum atomic E-state index is -0.612. The predicted octanol–water partition coefficient (Wildman–Crippen LogP) is 6.09. The number of nitrogens with one attached hydrogen (secondary N) is 1. The summed E-state index contributed by atoms with van der Waals surface area (Å²) in [6, 6.07) is 25.7. The molecule has 0 unspecified atom stereocenters. The Labute approximate surface area is 220 Å². The summed E-state index contributed by atoms with van der Waals surface area (Å²) in [7, 11) is 0. The number of thioether (sulfide) groups is 1. The Morgan fingerprint density at radius 3 is 2.22 bits per heavy atom. The fourth-order valence-electron chi connectivity index (χ4n) is 4.12. The van der Waals surface area contributed by atoms with Crippen LogP contribution in [0.5, 0.6) is 0 Å². The number of carbonyl (C=O) groups is 2. The van der Waals surface area contributed by atoms with Gasteiger partial charge in [-0.25, -0.2) is 0 Å². The lowest BCUT2D eigenvalue weighted by molar-refractivity contribution is -0.140. The topological polar surface area (TPSA) is 49.4 Å². The van der Waals surface area contributed by atoms with E-state index in [1.807, 2.05) is 88.4 Å². The SMILES string of the molecule is Cc1cccc(CN(C(=O)CSCc2ccccc2C)[C@@H](Cc2ccccc2)C(=O)NC(C)(C)C)c1. The van der Waals surface area contributed by atoms with Crippen LogP contribution in [0.4, 0.5) is 0 Å². The van der Waals surface area contributed by atoms with Gasteiger partial charge in [0, 0.05) is 24.3 Å². The third-order valence-electron chi connectivity index (χ3n) is 5.95. The Balaban J connectivity index is 1.88. The van der Waals surface area contributed by atoms with Gasteiger partial charge in [0.15, 0.2) is 0 Å². The number of benzene rings is 3. The zero-order chi connectivity index (χ0) is 26.1. The van der Waals surface area contributed by atoms with E-state index >= 15 is 0 Å². The van der Waals surface area contributed by atoms with Crippen LogP contribution in [0.2, 0.25) is 0 Å². The molecule has 36 heavy (non-hydrogen) atoms. The maximum Gasteiger partial charge on any atom is 0.243 e. The molecule has 4 nitrogen and oxygen atoms in total. The van der Waals surface area contributed by atoms with Crippen LogP contribution in [0, 0.1) is 13.8 Å². The first-order valence-electron chi connectivity index (χ1n) is 12.5. The summed E-state index contributed by atoms with van der Waals surface area (Å²) in [6.45, 7) is 10.4. The van der Waals surface area contributed by atoms with Gasteiger partial charge in [-0.15, -0.1) is 11.8 Å². The van der Waals surface area contributed by atoms with E-state index < -0.39 is 11.6 Å². The first-order chi connectivity index (χ1) is 17.1. The second kappa shape index (κ2) is 12.8. The number of aryl methyl sites for hydroxylation is 2. The Bertz CT molecular complexity index is 1150. The van der Waals surface area contributed by atoms with Crippen molar-refractivity contribution >= 4 is 23.6 Å². The monoisotopic (exact) mass is 502 g/mol. The maximum atomic E-state index is 13.7. The Morgan fingerprint density at radius 1 is 0.889 bits per heavy atom. The molecule has 0 bridgehead atoms. The molecule has 0 aliphatic rings. The van der Waals surface area contributed by atoms with Crippen LogP contribution >= 0.6 is 11.8 Å². The second-order valence-electron chi connectivity index (χ2n) is 10.4. The summed E-state index contributed by atoms with van der Waals surface area (Å²) in [5, 5.41) is 3.12. The maximum absolute atomic E-state index is 13.7. The molecule has 3 rings (SSSR count). The average Bonchev–Trinajstić information content (AvgIpc) is 2.82. The zero-order valence-electron chi connectivity index (χ0n) is 22.1. The summed E-state index contributed by atoms with van der Waals surface area (Å²) in [6.07, 6.45) is 0.461. The number of rotatable bonds is 10. The van der Waals surface area contributed by atoms with Gasteiger partial charge in [-0.3, -0.25) is 9.59 Å².